The van der Waals surface area contributed by atoms with Crippen molar-refractivity contribution in [3.8, 4) is 0 Å². The zero-order valence-electron chi connectivity index (χ0n) is 16.6. The molecule has 0 saturated carbocycles. The van der Waals surface area contributed by atoms with Crippen molar-refractivity contribution in [3.63, 3.8) is 0 Å². The van der Waals surface area contributed by atoms with Gasteiger partial charge in [0.1, 0.15) is 0 Å². The van der Waals surface area contributed by atoms with E-state index in [0.717, 1.165) is 71.7 Å². The van der Waals surface area contributed by atoms with Gasteiger partial charge in [-0.05, 0) is 49.2 Å². The van der Waals surface area contributed by atoms with Gasteiger partial charge in [0.15, 0.2) is 0 Å². The number of aliphatic hydroxyl groups is 1. The number of hydrogen-bond acceptors (Lipinski definition) is 4. The average Bonchev–Trinajstić information content (AvgIpc) is 2.63. The zero-order valence-corrected chi connectivity index (χ0v) is 16.6. The third-order valence-electron chi connectivity index (χ3n) is 5.87. The molecule has 0 aromatic heterocycles. The summed E-state index contributed by atoms with van der Waals surface area (Å²) < 4.78 is 5.47. The van der Waals surface area contributed by atoms with E-state index in [0.29, 0.717) is 11.3 Å². The minimum absolute atomic E-state index is 0.207. The van der Waals surface area contributed by atoms with Crippen LogP contribution in [0.25, 0.3) is 0 Å². The van der Waals surface area contributed by atoms with Crippen LogP contribution in [0, 0.1) is 11.3 Å². The number of benzene rings is 1. The lowest BCUT2D eigenvalue weighted by Crippen LogP contribution is -2.48. The Labute approximate surface area is 159 Å². The summed E-state index contributed by atoms with van der Waals surface area (Å²) in [5, 5.41) is 10.6. The third-order valence-corrected chi connectivity index (χ3v) is 5.87. The highest BCUT2D eigenvalue weighted by Crippen LogP contribution is 2.26. The van der Waals surface area contributed by atoms with Gasteiger partial charge < -0.3 is 14.7 Å². The van der Waals surface area contributed by atoms with E-state index >= 15 is 0 Å². The van der Waals surface area contributed by atoms with Gasteiger partial charge in [0, 0.05) is 26.2 Å². The van der Waals surface area contributed by atoms with E-state index in [2.05, 4.69) is 47.9 Å². The average molecular weight is 361 g/mol. The molecular formula is C22H36N2O2. The largest absolute Gasteiger partial charge is 0.392 e. The predicted octanol–water partition coefficient (Wildman–Crippen LogP) is 2.66. The molecule has 4 heteroatoms. The van der Waals surface area contributed by atoms with E-state index in [4.69, 9.17) is 4.74 Å². The van der Waals surface area contributed by atoms with Crippen LogP contribution in [-0.2, 0) is 11.2 Å². The highest BCUT2D eigenvalue weighted by atomic mass is 16.5. The normalized spacial score (nSPS) is 22.4. The standard InChI is InChI=1S/C22H36N2O2/c1-22(2,18-24-12-14-26-15-13-24)17-23-10-8-20(9-11-23)21(25)16-19-6-4-3-5-7-19/h3-7,20-21,25H,8-18H2,1-2H3/t21-/m0/s1. The molecule has 1 aromatic carbocycles. The molecule has 1 atom stereocenters. The first-order valence-electron chi connectivity index (χ1n) is 10.3. The number of rotatable bonds is 7. The van der Waals surface area contributed by atoms with Crippen molar-refractivity contribution in [1.82, 2.24) is 9.80 Å². The minimum atomic E-state index is -0.207. The second kappa shape index (κ2) is 9.32. The Morgan fingerprint density at radius 3 is 2.19 bits per heavy atom. The van der Waals surface area contributed by atoms with E-state index in [1.165, 1.54) is 5.56 Å². The Bertz CT molecular complexity index is 520. The Morgan fingerprint density at radius 2 is 1.58 bits per heavy atom. The molecular weight excluding hydrogens is 324 g/mol. The Hall–Kier alpha value is -0.940. The molecule has 4 nitrogen and oxygen atoms in total. The van der Waals surface area contributed by atoms with Gasteiger partial charge in [0.2, 0.25) is 0 Å². The summed E-state index contributed by atoms with van der Waals surface area (Å²) in [6, 6.07) is 10.4. The molecule has 0 radical (unpaired) electrons. The first-order chi connectivity index (χ1) is 12.5. The van der Waals surface area contributed by atoms with Gasteiger partial charge in [-0.15, -0.1) is 0 Å². The fourth-order valence-electron chi connectivity index (χ4n) is 4.54. The molecule has 0 aliphatic carbocycles. The summed E-state index contributed by atoms with van der Waals surface area (Å²) >= 11 is 0. The van der Waals surface area contributed by atoms with Crippen molar-refractivity contribution in [2.45, 2.75) is 39.2 Å². The maximum Gasteiger partial charge on any atom is 0.0609 e. The molecule has 0 bridgehead atoms. The Morgan fingerprint density at radius 1 is 1.00 bits per heavy atom. The SMILES string of the molecule is CC(C)(CN1CCOCC1)CN1CCC([C@@H](O)Cc2ccccc2)CC1. The van der Waals surface area contributed by atoms with Gasteiger partial charge in [0.25, 0.3) is 0 Å². The van der Waals surface area contributed by atoms with Crippen molar-refractivity contribution < 1.29 is 9.84 Å². The van der Waals surface area contributed by atoms with Crippen molar-refractivity contribution in [2.24, 2.45) is 11.3 Å². The fourth-order valence-corrected chi connectivity index (χ4v) is 4.54. The molecule has 146 valence electrons. The first kappa shape index (κ1) is 19.8. The maximum absolute atomic E-state index is 10.6. The number of likely N-dealkylation sites (tertiary alicyclic amines) is 1. The van der Waals surface area contributed by atoms with E-state index in [-0.39, 0.29) is 6.10 Å². The van der Waals surface area contributed by atoms with Crippen LogP contribution in [0.2, 0.25) is 0 Å². The Kier molecular flexibility index (Phi) is 7.10. The first-order valence-corrected chi connectivity index (χ1v) is 10.3. The smallest absolute Gasteiger partial charge is 0.0609 e. The molecule has 0 amide bonds. The van der Waals surface area contributed by atoms with Crippen molar-refractivity contribution >= 4 is 0 Å². The summed E-state index contributed by atoms with van der Waals surface area (Å²) in [5.74, 6) is 0.439. The van der Waals surface area contributed by atoms with Crippen molar-refractivity contribution in [1.29, 1.82) is 0 Å². The molecule has 2 aliphatic rings. The number of nitrogens with zero attached hydrogens (tertiary/aromatic N) is 2. The number of aliphatic hydroxyl groups excluding tert-OH is 1. The number of piperidine rings is 1. The zero-order chi connectivity index (χ0) is 18.4. The van der Waals surface area contributed by atoms with Crippen LogP contribution in [0.15, 0.2) is 30.3 Å². The lowest BCUT2D eigenvalue weighted by molar-refractivity contribution is 0.00796. The van der Waals surface area contributed by atoms with Crippen molar-refractivity contribution in [2.75, 3.05) is 52.5 Å². The highest BCUT2D eigenvalue weighted by Gasteiger charge is 2.30. The number of morpholine rings is 1. The summed E-state index contributed by atoms with van der Waals surface area (Å²) in [7, 11) is 0. The summed E-state index contributed by atoms with van der Waals surface area (Å²) in [6.45, 7) is 13.2. The molecule has 26 heavy (non-hydrogen) atoms. The molecule has 1 aromatic rings. The molecule has 0 unspecified atom stereocenters. The minimum Gasteiger partial charge on any atom is -0.392 e. The van der Waals surface area contributed by atoms with Gasteiger partial charge in [-0.1, -0.05) is 44.2 Å². The molecule has 2 fully saturated rings. The quantitative estimate of drug-likeness (QED) is 0.811. The van der Waals surface area contributed by atoms with Crippen LogP contribution in [0.4, 0.5) is 0 Å². The molecule has 1 N–H and O–H groups in total. The number of ether oxygens (including phenoxy) is 1. The molecule has 2 saturated heterocycles. The van der Waals surface area contributed by atoms with Gasteiger partial charge in [0.05, 0.1) is 19.3 Å². The van der Waals surface area contributed by atoms with E-state index < -0.39 is 0 Å². The predicted molar refractivity (Wildman–Crippen MR) is 106 cm³/mol. The molecule has 2 aliphatic heterocycles. The lowest BCUT2D eigenvalue weighted by Gasteiger charge is -2.41. The summed E-state index contributed by atoms with van der Waals surface area (Å²) in [5.41, 5.74) is 1.54. The Balaban J connectivity index is 1.41. The van der Waals surface area contributed by atoms with Crippen LogP contribution in [0.1, 0.15) is 32.3 Å². The lowest BCUT2D eigenvalue weighted by atomic mass is 9.86. The van der Waals surface area contributed by atoms with Crippen LogP contribution >= 0.6 is 0 Å². The van der Waals surface area contributed by atoms with Crippen molar-refractivity contribution in [3.05, 3.63) is 35.9 Å². The second-order valence-corrected chi connectivity index (χ2v) is 8.92. The molecule has 0 spiro atoms. The van der Waals surface area contributed by atoms with Gasteiger partial charge in [-0.3, -0.25) is 4.90 Å². The van der Waals surface area contributed by atoms with Crippen LogP contribution < -0.4 is 0 Å². The summed E-state index contributed by atoms with van der Waals surface area (Å²) in [4.78, 5) is 5.14. The van der Waals surface area contributed by atoms with E-state index in [1.54, 1.807) is 0 Å². The second-order valence-electron chi connectivity index (χ2n) is 8.92. The molecule has 3 rings (SSSR count). The fraction of sp³-hybridized carbons (Fsp3) is 0.727. The third kappa shape index (κ3) is 6.05. The van der Waals surface area contributed by atoms with Crippen LogP contribution in [0.5, 0.6) is 0 Å². The number of hydrogen-bond donors (Lipinski definition) is 1. The van der Waals surface area contributed by atoms with Crippen LogP contribution in [-0.4, -0.2) is 73.5 Å². The molecule has 2 heterocycles. The van der Waals surface area contributed by atoms with Crippen LogP contribution in [0.3, 0.4) is 0 Å². The maximum atomic E-state index is 10.6. The highest BCUT2D eigenvalue weighted by molar-refractivity contribution is 5.15. The van der Waals surface area contributed by atoms with Gasteiger partial charge >= 0.3 is 0 Å². The monoisotopic (exact) mass is 360 g/mol. The van der Waals surface area contributed by atoms with E-state index in [9.17, 15) is 5.11 Å². The van der Waals surface area contributed by atoms with E-state index in [1.807, 2.05) is 6.07 Å². The topological polar surface area (TPSA) is 35.9 Å². The summed E-state index contributed by atoms with van der Waals surface area (Å²) in [6.07, 6.45) is 2.80. The van der Waals surface area contributed by atoms with Gasteiger partial charge in [-0.2, -0.15) is 0 Å². The van der Waals surface area contributed by atoms with Gasteiger partial charge in [-0.25, -0.2) is 0 Å².